The van der Waals surface area contributed by atoms with Gasteiger partial charge in [0.05, 0.1) is 18.9 Å². The molecule has 2 amide bonds. The van der Waals surface area contributed by atoms with Crippen LogP contribution in [0.3, 0.4) is 0 Å². The van der Waals surface area contributed by atoms with Gasteiger partial charge in [0.15, 0.2) is 0 Å². The van der Waals surface area contributed by atoms with Crippen LogP contribution < -0.4 is 10.3 Å². The Morgan fingerprint density at radius 1 is 1.00 bits per heavy atom. The van der Waals surface area contributed by atoms with Crippen LogP contribution in [0.25, 0.3) is 0 Å². The third-order valence-corrected chi connectivity index (χ3v) is 5.07. The van der Waals surface area contributed by atoms with E-state index in [1.54, 1.807) is 41.3 Å². The molecule has 0 aliphatic carbocycles. The molecule has 1 N–H and O–H groups in total. The molecular weight excluding hydrogens is 368 g/mol. The van der Waals surface area contributed by atoms with Gasteiger partial charge in [-0.25, -0.2) is 0 Å². The van der Waals surface area contributed by atoms with Crippen LogP contribution in [0.2, 0.25) is 0 Å². The second-order valence-electron chi connectivity index (χ2n) is 7.19. The summed E-state index contributed by atoms with van der Waals surface area (Å²) >= 11 is 0. The lowest BCUT2D eigenvalue weighted by molar-refractivity contribution is 0.0303. The normalized spacial score (nSPS) is 16.5. The van der Waals surface area contributed by atoms with Crippen molar-refractivity contribution in [3.63, 3.8) is 0 Å². The van der Waals surface area contributed by atoms with Crippen LogP contribution in [-0.2, 0) is 4.74 Å². The quantitative estimate of drug-likeness (QED) is 0.868. The van der Waals surface area contributed by atoms with Crippen molar-refractivity contribution < 1.29 is 14.3 Å². The number of benzene rings is 2. The zero-order valence-electron chi connectivity index (χ0n) is 16.4. The highest BCUT2D eigenvalue weighted by atomic mass is 16.5. The first kappa shape index (κ1) is 19.1. The number of carbonyl (C=O) groups is 2. The molecule has 2 aromatic carbocycles. The number of morpholine rings is 1. The summed E-state index contributed by atoms with van der Waals surface area (Å²) in [6, 6.07) is 14.4. The summed E-state index contributed by atoms with van der Waals surface area (Å²) < 4.78 is 5.30. The molecule has 0 spiro atoms. The first-order valence-corrected chi connectivity index (χ1v) is 9.80. The monoisotopic (exact) mass is 392 g/mol. The van der Waals surface area contributed by atoms with E-state index in [4.69, 9.17) is 4.74 Å². The van der Waals surface area contributed by atoms with Gasteiger partial charge in [-0.2, -0.15) is 5.10 Å². The van der Waals surface area contributed by atoms with E-state index in [-0.39, 0.29) is 11.8 Å². The summed E-state index contributed by atoms with van der Waals surface area (Å²) in [5, 5.41) is 9.29. The van der Waals surface area contributed by atoms with Gasteiger partial charge in [-0.15, -0.1) is 0 Å². The predicted octanol–water partition coefficient (Wildman–Crippen LogP) is 3.00. The Morgan fingerprint density at radius 3 is 2.45 bits per heavy atom. The lowest BCUT2D eigenvalue weighted by atomic mass is 10.1. The van der Waals surface area contributed by atoms with Crippen LogP contribution in [-0.4, -0.2) is 55.3 Å². The van der Waals surface area contributed by atoms with E-state index in [0.717, 1.165) is 24.4 Å². The summed E-state index contributed by atoms with van der Waals surface area (Å²) in [6.07, 6.45) is 0.960. The number of amides is 2. The molecule has 2 aromatic rings. The fourth-order valence-corrected chi connectivity index (χ4v) is 3.43. The molecule has 1 fully saturated rings. The fourth-order valence-electron chi connectivity index (χ4n) is 3.43. The molecule has 4 rings (SSSR count). The minimum atomic E-state index is -0.214. The number of nitrogens with zero attached hydrogens (tertiary/aromatic N) is 3. The van der Waals surface area contributed by atoms with Crippen LogP contribution in [0.1, 0.15) is 34.1 Å². The molecule has 2 heterocycles. The number of ether oxygens (including phenoxy) is 1. The molecule has 7 heteroatoms. The first-order valence-electron chi connectivity index (χ1n) is 9.80. The smallest absolute Gasteiger partial charge is 0.255 e. The predicted molar refractivity (Wildman–Crippen MR) is 113 cm³/mol. The van der Waals surface area contributed by atoms with Crippen molar-refractivity contribution in [3.05, 3.63) is 59.7 Å². The number of anilines is 2. The third kappa shape index (κ3) is 4.46. The van der Waals surface area contributed by atoms with E-state index in [2.05, 4.69) is 10.4 Å². The number of rotatable bonds is 4. The van der Waals surface area contributed by atoms with Crippen LogP contribution in [0, 0.1) is 0 Å². The van der Waals surface area contributed by atoms with Gasteiger partial charge in [-0.05, 0) is 49.4 Å². The number of hydrazone groups is 1. The van der Waals surface area contributed by atoms with Crippen molar-refractivity contribution in [2.45, 2.75) is 13.3 Å². The van der Waals surface area contributed by atoms with Crippen LogP contribution in [0.4, 0.5) is 11.4 Å². The van der Waals surface area contributed by atoms with Crippen molar-refractivity contribution >= 4 is 28.9 Å². The Labute approximate surface area is 169 Å². The number of hydrogen-bond donors (Lipinski definition) is 1. The summed E-state index contributed by atoms with van der Waals surface area (Å²) in [7, 11) is 0. The molecule has 29 heavy (non-hydrogen) atoms. The van der Waals surface area contributed by atoms with Gasteiger partial charge in [0, 0.05) is 48.6 Å². The standard InChI is InChI=1S/C22H24N4O3/c1-16-9-10-26(24-16)20-7-5-17(6-8-20)21(27)23-19-4-2-3-18(15-19)22(28)25-11-13-29-14-12-25/h2-8,15H,9-14H2,1H3,(H,23,27). The Hall–Kier alpha value is -3.19. The highest BCUT2D eigenvalue weighted by Crippen LogP contribution is 2.21. The summed E-state index contributed by atoms with van der Waals surface area (Å²) in [5.41, 5.74) is 3.79. The number of nitrogens with one attached hydrogen (secondary N) is 1. The summed E-state index contributed by atoms with van der Waals surface area (Å²) in [6.45, 7) is 5.16. The Morgan fingerprint density at radius 2 is 1.76 bits per heavy atom. The average Bonchev–Trinajstić information content (AvgIpc) is 3.20. The molecule has 0 unspecified atom stereocenters. The lowest BCUT2D eigenvalue weighted by Crippen LogP contribution is -2.40. The topological polar surface area (TPSA) is 74.2 Å². The Bertz CT molecular complexity index is 933. The van der Waals surface area contributed by atoms with E-state index in [1.807, 2.05) is 24.1 Å². The molecule has 0 atom stereocenters. The van der Waals surface area contributed by atoms with Gasteiger partial charge >= 0.3 is 0 Å². The van der Waals surface area contributed by atoms with Crippen molar-refractivity contribution in [2.24, 2.45) is 5.10 Å². The summed E-state index contributed by atoms with van der Waals surface area (Å²) in [4.78, 5) is 27.0. The minimum Gasteiger partial charge on any atom is -0.378 e. The van der Waals surface area contributed by atoms with Crippen molar-refractivity contribution in [1.82, 2.24) is 4.90 Å². The van der Waals surface area contributed by atoms with Gasteiger partial charge in [0.1, 0.15) is 0 Å². The molecule has 0 aromatic heterocycles. The highest BCUT2D eigenvalue weighted by Gasteiger charge is 2.19. The van der Waals surface area contributed by atoms with E-state index in [1.165, 1.54) is 0 Å². The molecular formula is C22H24N4O3. The first-order chi connectivity index (χ1) is 14.1. The minimum absolute atomic E-state index is 0.0461. The Kier molecular flexibility index (Phi) is 5.57. The fraction of sp³-hybridized carbons (Fsp3) is 0.318. The molecule has 2 aliphatic heterocycles. The van der Waals surface area contributed by atoms with Gasteiger partial charge in [0.25, 0.3) is 11.8 Å². The maximum absolute atomic E-state index is 12.6. The third-order valence-electron chi connectivity index (χ3n) is 5.07. The highest BCUT2D eigenvalue weighted by molar-refractivity contribution is 6.05. The zero-order chi connectivity index (χ0) is 20.2. The lowest BCUT2D eigenvalue weighted by Gasteiger charge is -2.27. The van der Waals surface area contributed by atoms with Gasteiger partial charge in [-0.3, -0.25) is 14.6 Å². The summed E-state index contributed by atoms with van der Waals surface area (Å²) in [5.74, 6) is -0.260. The van der Waals surface area contributed by atoms with Crippen LogP contribution in [0.5, 0.6) is 0 Å². The van der Waals surface area contributed by atoms with E-state index < -0.39 is 0 Å². The maximum Gasteiger partial charge on any atom is 0.255 e. The molecule has 2 aliphatic rings. The second-order valence-corrected chi connectivity index (χ2v) is 7.19. The number of carbonyl (C=O) groups excluding carboxylic acids is 2. The van der Waals surface area contributed by atoms with Crippen molar-refractivity contribution in [3.8, 4) is 0 Å². The molecule has 1 saturated heterocycles. The zero-order valence-corrected chi connectivity index (χ0v) is 16.4. The average molecular weight is 392 g/mol. The van der Waals surface area contributed by atoms with Crippen molar-refractivity contribution in [2.75, 3.05) is 43.2 Å². The van der Waals surface area contributed by atoms with E-state index >= 15 is 0 Å². The van der Waals surface area contributed by atoms with E-state index in [9.17, 15) is 9.59 Å². The molecule has 0 saturated carbocycles. The second kappa shape index (κ2) is 8.45. The van der Waals surface area contributed by atoms with Gasteiger partial charge in [0.2, 0.25) is 0 Å². The molecule has 0 bridgehead atoms. The molecule has 150 valence electrons. The van der Waals surface area contributed by atoms with Gasteiger partial charge in [-0.1, -0.05) is 6.07 Å². The van der Waals surface area contributed by atoms with Crippen LogP contribution >= 0.6 is 0 Å². The van der Waals surface area contributed by atoms with Crippen LogP contribution in [0.15, 0.2) is 53.6 Å². The Balaban J connectivity index is 1.42. The van der Waals surface area contributed by atoms with Gasteiger partial charge < -0.3 is 15.0 Å². The SMILES string of the molecule is CC1=NN(c2ccc(C(=O)Nc3cccc(C(=O)N4CCOCC4)c3)cc2)CC1. The van der Waals surface area contributed by atoms with Crippen molar-refractivity contribution in [1.29, 1.82) is 0 Å². The largest absolute Gasteiger partial charge is 0.378 e. The maximum atomic E-state index is 12.6. The molecule has 0 radical (unpaired) electrons. The number of hydrogen-bond acceptors (Lipinski definition) is 5. The molecule has 7 nitrogen and oxygen atoms in total. The van der Waals surface area contributed by atoms with E-state index in [0.29, 0.717) is 43.1 Å².